The molecule has 22 nitrogen and oxygen atoms in total. The SMILES string of the molecule is NC(CNC(=O)CNC(=O)CCCNC(=O)CCC(NC(=O)NC(CCC(=O)O)C(=O)O)C(=O)O)C(=O)NC(CC(=O)O)C(=O)NCCS. The lowest BCUT2D eigenvalue weighted by molar-refractivity contribution is -0.141. The van der Waals surface area contributed by atoms with Crippen LogP contribution in [0, 0.1) is 0 Å². The second kappa shape index (κ2) is 24.0. The number of aliphatic carboxylic acids is 4. The first-order valence-corrected chi connectivity index (χ1v) is 15.3. The van der Waals surface area contributed by atoms with Crippen LogP contribution in [-0.4, -0.2) is 136 Å². The molecule has 0 aromatic rings. The number of rotatable bonds is 25. The molecule has 0 fully saturated rings. The summed E-state index contributed by atoms with van der Waals surface area (Å²) < 4.78 is 0. The number of carbonyl (C=O) groups is 10. The van der Waals surface area contributed by atoms with Gasteiger partial charge >= 0.3 is 29.9 Å². The first-order chi connectivity index (χ1) is 23.0. The molecule has 0 aliphatic carbocycles. The molecule has 0 aliphatic heterocycles. The fourth-order valence-electron chi connectivity index (χ4n) is 3.59. The average Bonchev–Trinajstić information content (AvgIpc) is 3.02. The molecule has 0 aliphatic rings. The van der Waals surface area contributed by atoms with Gasteiger partial charge in [-0.1, -0.05) is 0 Å². The van der Waals surface area contributed by atoms with Gasteiger partial charge in [0, 0.05) is 44.6 Å². The van der Waals surface area contributed by atoms with E-state index in [2.05, 4.69) is 39.2 Å². The van der Waals surface area contributed by atoms with Gasteiger partial charge < -0.3 is 63.4 Å². The van der Waals surface area contributed by atoms with E-state index in [4.69, 9.17) is 21.1 Å². The number of hydrogen-bond acceptors (Lipinski definition) is 12. The molecule has 0 aromatic heterocycles. The molecule has 23 heteroatoms. The summed E-state index contributed by atoms with van der Waals surface area (Å²) in [4.78, 5) is 117. The molecule has 0 rings (SSSR count). The zero-order chi connectivity index (χ0) is 37.5. The molecule has 4 atom stereocenters. The van der Waals surface area contributed by atoms with E-state index < -0.39 is 116 Å². The van der Waals surface area contributed by atoms with Crippen LogP contribution in [0.15, 0.2) is 0 Å². The predicted octanol–water partition coefficient (Wildman–Crippen LogP) is -4.70. The Kier molecular flexibility index (Phi) is 21.5. The Balaban J connectivity index is 4.44. The molecule has 49 heavy (non-hydrogen) atoms. The Hall–Kier alpha value is -5.19. The molecule has 0 radical (unpaired) electrons. The minimum atomic E-state index is -1.59. The van der Waals surface area contributed by atoms with Crippen LogP contribution in [0.25, 0.3) is 0 Å². The molecule has 0 heterocycles. The molecule has 13 N–H and O–H groups in total. The van der Waals surface area contributed by atoms with Crippen LogP contribution in [0.2, 0.25) is 0 Å². The fourth-order valence-corrected chi connectivity index (χ4v) is 3.70. The second-order valence-corrected chi connectivity index (χ2v) is 10.6. The Morgan fingerprint density at radius 2 is 1.16 bits per heavy atom. The Morgan fingerprint density at radius 3 is 1.69 bits per heavy atom. The zero-order valence-electron chi connectivity index (χ0n) is 26.2. The van der Waals surface area contributed by atoms with Crippen molar-refractivity contribution in [3.63, 3.8) is 0 Å². The van der Waals surface area contributed by atoms with E-state index >= 15 is 0 Å². The van der Waals surface area contributed by atoms with Crippen molar-refractivity contribution >= 4 is 72.1 Å². The van der Waals surface area contributed by atoms with Crippen LogP contribution in [-0.2, 0) is 43.2 Å². The zero-order valence-corrected chi connectivity index (χ0v) is 27.1. The highest BCUT2D eigenvalue weighted by Gasteiger charge is 2.27. The maximum atomic E-state index is 12.3. The smallest absolute Gasteiger partial charge is 0.326 e. The number of thiol groups is 1. The fraction of sp³-hybridized carbons (Fsp3) is 0.615. The monoisotopic (exact) mass is 722 g/mol. The molecule has 4 unspecified atom stereocenters. The Morgan fingerprint density at radius 1 is 0.592 bits per heavy atom. The van der Waals surface area contributed by atoms with E-state index in [9.17, 15) is 53.1 Å². The molecule has 0 spiro atoms. The van der Waals surface area contributed by atoms with Gasteiger partial charge in [0.15, 0.2) is 0 Å². The van der Waals surface area contributed by atoms with Gasteiger partial charge in [-0.3, -0.25) is 33.6 Å². The minimum absolute atomic E-state index is 0.00647. The van der Waals surface area contributed by atoms with Crippen molar-refractivity contribution < 1.29 is 68.4 Å². The number of carbonyl (C=O) groups excluding carboxylic acids is 6. The van der Waals surface area contributed by atoms with Gasteiger partial charge in [0.05, 0.1) is 13.0 Å². The number of amides is 7. The average molecular weight is 723 g/mol. The molecule has 0 saturated heterocycles. The van der Waals surface area contributed by atoms with Crippen molar-refractivity contribution in [2.45, 2.75) is 69.1 Å². The number of carboxylic acids is 4. The van der Waals surface area contributed by atoms with E-state index in [0.29, 0.717) is 0 Å². The maximum Gasteiger partial charge on any atom is 0.326 e. The molecule has 276 valence electrons. The summed E-state index contributed by atoms with van der Waals surface area (Å²) in [6.45, 7) is -0.762. The van der Waals surface area contributed by atoms with Gasteiger partial charge in [0.25, 0.3) is 0 Å². The van der Waals surface area contributed by atoms with Crippen molar-refractivity contribution in [2.24, 2.45) is 5.73 Å². The summed E-state index contributed by atoms with van der Waals surface area (Å²) in [7, 11) is 0. The summed E-state index contributed by atoms with van der Waals surface area (Å²) in [6.07, 6.45) is -2.46. The van der Waals surface area contributed by atoms with Crippen molar-refractivity contribution in [3.05, 3.63) is 0 Å². The van der Waals surface area contributed by atoms with Crippen molar-refractivity contribution in [3.8, 4) is 0 Å². The quantitative estimate of drug-likeness (QED) is 0.0311. The van der Waals surface area contributed by atoms with Crippen LogP contribution in [0.5, 0.6) is 0 Å². The number of carboxylic acid groups (broad SMARTS) is 4. The molecule has 0 bridgehead atoms. The summed E-state index contributed by atoms with van der Waals surface area (Å²) in [5, 5.41) is 51.6. The van der Waals surface area contributed by atoms with E-state index in [1.807, 2.05) is 10.6 Å². The standard InChI is InChI=1S/C26H42N8O14S/c27-13(22(42)32-16(10-21(40)41)23(43)29-8-9-49)11-30-19(37)12-31-17(35)2-1-7-28-18(36)5-3-14(24(44)45)33-26(48)34-15(25(46)47)4-6-20(38)39/h13-16,49H,1-12,27H2,(H,28,36)(H,29,43)(H,30,37)(H,31,35)(H,32,42)(H,38,39)(H,40,41)(H,44,45)(H,46,47)(H2,33,34,48). The highest BCUT2D eigenvalue weighted by atomic mass is 32.1. The third-order valence-corrected chi connectivity index (χ3v) is 6.36. The van der Waals surface area contributed by atoms with Gasteiger partial charge in [-0.25, -0.2) is 14.4 Å². The summed E-state index contributed by atoms with van der Waals surface area (Å²) >= 11 is 3.92. The molecular weight excluding hydrogens is 680 g/mol. The van der Waals surface area contributed by atoms with Crippen LogP contribution < -0.4 is 43.0 Å². The van der Waals surface area contributed by atoms with E-state index in [-0.39, 0.29) is 44.5 Å². The summed E-state index contributed by atoms with van der Waals surface area (Å²) in [5.41, 5.74) is 5.70. The van der Waals surface area contributed by atoms with E-state index in [1.165, 1.54) is 0 Å². The van der Waals surface area contributed by atoms with Crippen LogP contribution >= 0.6 is 12.6 Å². The molecule has 0 aromatic carbocycles. The number of nitrogens with two attached hydrogens (primary N) is 1. The second-order valence-electron chi connectivity index (χ2n) is 10.2. The third kappa shape index (κ3) is 21.3. The van der Waals surface area contributed by atoms with Crippen LogP contribution in [0.3, 0.4) is 0 Å². The van der Waals surface area contributed by atoms with Gasteiger partial charge in [0.2, 0.25) is 29.5 Å². The third-order valence-electron chi connectivity index (χ3n) is 6.14. The van der Waals surface area contributed by atoms with Gasteiger partial charge in [-0.05, 0) is 19.3 Å². The van der Waals surface area contributed by atoms with Crippen LogP contribution in [0.1, 0.15) is 44.9 Å². The Bertz CT molecular complexity index is 1220. The van der Waals surface area contributed by atoms with Crippen molar-refractivity contribution in [1.82, 2.24) is 37.2 Å². The number of hydrogen-bond donors (Lipinski definition) is 13. The first-order valence-electron chi connectivity index (χ1n) is 14.7. The number of nitrogens with one attached hydrogen (secondary N) is 7. The lowest BCUT2D eigenvalue weighted by Crippen LogP contribution is -2.55. The minimum Gasteiger partial charge on any atom is -0.481 e. The molecule has 7 amide bonds. The van der Waals surface area contributed by atoms with Crippen molar-refractivity contribution in [1.29, 1.82) is 0 Å². The van der Waals surface area contributed by atoms with Crippen LogP contribution in [0.4, 0.5) is 4.79 Å². The molecular formula is C26H42N8O14S. The normalized spacial score (nSPS) is 12.9. The summed E-state index contributed by atoms with van der Waals surface area (Å²) in [6, 6.07) is -7.12. The Labute approximate surface area is 284 Å². The lowest BCUT2D eigenvalue weighted by Gasteiger charge is -2.19. The topological polar surface area (TPSA) is 362 Å². The highest BCUT2D eigenvalue weighted by molar-refractivity contribution is 7.80. The predicted molar refractivity (Wildman–Crippen MR) is 168 cm³/mol. The maximum absolute atomic E-state index is 12.3. The molecule has 0 saturated carbocycles. The van der Waals surface area contributed by atoms with Crippen molar-refractivity contribution in [2.75, 3.05) is 31.9 Å². The van der Waals surface area contributed by atoms with Gasteiger partial charge in [-0.2, -0.15) is 12.6 Å². The largest absolute Gasteiger partial charge is 0.481 e. The summed E-state index contributed by atoms with van der Waals surface area (Å²) in [5.74, 6) is -8.97. The first kappa shape index (κ1) is 43.8. The highest BCUT2D eigenvalue weighted by Crippen LogP contribution is 2.02. The van der Waals surface area contributed by atoms with E-state index in [1.54, 1.807) is 0 Å². The van der Waals surface area contributed by atoms with E-state index in [0.717, 1.165) is 0 Å². The number of urea groups is 1. The van der Waals surface area contributed by atoms with Gasteiger partial charge in [-0.15, -0.1) is 0 Å². The van der Waals surface area contributed by atoms with Gasteiger partial charge in [0.1, 0.15) is 24.2 Å². The lowest BCUT2D eigenvalue weighted by atomic mass is 10.1.